The summed E-state index contributed by atoms with van der Waals surface area (Å²) < 4.78 is 10.9. The van der Waals surface area contributed by atoms with Gasteiger partial charge in [-0.3, -0.25) is 9.69 Å². The fourth-order valence-electron chi connectivity index (χ4n) is 3.30. The molecule has 5 nitrogen and oxygen atoms in total. The van der Waals surface area contributed by atoms with Gasteiger partial charge < -0.3 is 14.8 Å². The van der Waals surface area contributed by atoms with Crippen LogP contribution in [-0.4, -0.2) is 44.7 Å². The summed E-state index contributed by atoms with van der Waals surface area (Å²) in [6.07, 6.45) is 2.87. The van der Waals surface area contributed by atoms with Crippen LogP contribution in [0, 0.1) is 11.8 Å². The second kappa shape index (κ2) is 9.66. The van der Waals surface area contributed by atoms with Gasteiger partial charge >= 0.3 is 0 Å². The van der Waals surface area contributed by atoms with Crippen LogP contribution < -0.4 is 14.8 Å². The minimum absolute atomic E-state index is 0.149. The van der Waals surface area contributed by atoms with E-state index in [1.807, 2.05) is 12.1 Å². The Morgan fingerprint density at radius 1 is 1.24 bits per heavy atom. The topological polar surface area (TPSA) is 50.8 Å². The fraction of sp³-hybridized carbons (Fsp3) is 0.650. The first-order chi connectivity index (χ1) is 12.0. The molecule has 5 heteroatoms. The van der Waals surface area contributed by atoms with Gasteiger partial charge in [-0.25, -0.2) is 0 Å². The number of benzene rings is 1. The van der Waals surface area contributed by atoms with Gasteiger partial charge in [0.15, 0.2) is 11.5 Å². The molecule has 1 amide bonds. The van der Waals surface area contributed by atoms with Gasteiger partial charge in [0.2, 0.25) is 5.91 Å². The van der Waals surface area contributed by atoms with Gasteiger partial charge in [0.1, 0.15) is 0 Å². The van der Waals surface area contributed by atoms with Crippen molar-refractivity contribution in [2.24, 2.45) is 11.8 Å². The van der Waals surface area contributed by atoms with Crippen LogP contribution in [-0.2, 0) is 11.3 Å². The molecular weight excluding hydrogens is 316 g/mol. The number of carbonyl (C=O) groups is 1. The Bertz CT molecular complexity index is 552. The first kappa shape index (κ1) is 19.6. The van der Waals surface area contributed by atoms with Crippen molar-refractivity contribution in [1.82, 2.24) is 10.2 Å². The van der Waals surface area contributed by atoms with E-state index in [-0.39, 0.29) is 11.8 Å². The number of ether oxygens (including phenoxy) is 2. The van der Waals surface area contributed by atoms with Crippen molar-refractivity contribution in [2.75, 3.05) is 33.9 Å². The number of amides is 1. The maximum atomic E-state index is 12.3. The van der Waals surface area contributed by atoms with Crippen LogP contribution in [0.3, 0.4) is 0 Å². The molecule has 0 radical (unpaired) electrons. The van der Waals surface area contributed by atoms with Crippen LogP contribution in [0.25, 0.3) is 0 Å². The summed E-state index contributed by atoms with van der Waals surface area (Å²) >= 11 is 0. The van der Waals surface area contributed by atoms with Crippen molar-refractivity contribution in [3.8, 4) is 11.5 Å². The standard InChI is InChI=1S/C20H32N2O3/c1-15(2)8-11-21-20(23)16-9-12-22(13-10-16)14-17-6-5-7-18(24-3)19(17)25-4/h5-7,15-16H,8-14H2,1-4H3,(H,21,23). The quantitative estimate of drug-likeness (QED) is 0.784. The van der Waals surface area contributed by atoms with E-state index in [1.54, 1.807) is 14.2 Å². The Morgan fingerprint density at radius 3 is 2.56 bits per heavy atom. The maximum Gasteiger partial charge on any atom is 0.223 e. The largest absolute Gasteiger partial charge is 0.493 e. The molecule has 1 aromatic rings. The van der Waals surface area contributed by atoms with Gasteiger partial charge in [0.05, 0.1) is 14.2 Å². The lowest BCUT2D eigenvalue weighted by Gasteiger charge is -2.31. The van der Waals surface area contributed by atoms with Crippen molar-refractivity contribution in [3.05, 3.63) is 23.8 Å². The number of piperidine rings is 1. The molecule has 25 heavy (non-hydrogen) atoms. The molecule has 0 saturated carbocycles. The SMILES string of the molecule is COc1cccc(CN2CCC(C(=O)NCCC(C)C)CC2)c1OC. The molecule has 0 aromatic heterocycles. The summed E-state index contributed by atoms with van der Waals surface area (Å²) in [5.41, 5.74) is 1.13. The molecule has 0 bridgehead atoms. The Balaban J connectivity index is 1.84. The van der Waals surface area contributed by atoms with E-state index in [4.69, 9.17) is 9.47 Å². The smallest absolute Gasteiger partial charge is 0.223 e. The molecule has 1 fully saturated rings. The Labute approximate surface area is 151 Å². The van der Waals surface area contributed by atoms with Crippen molar-refractivity contribution in [2.45, 2.75) is 39.7 Å². The van der Waals surface area contributed by atoms with Gasteiger partial charge in [-0.05, 0) is 44.3 Å². The normalized spacial score (nSPS) is 16.0. The summed E-state index contributed by atoms with van der Waals surface area (Å²) in [5, 5.41) is 3.09. The number of hydrogen-bond donors (Lipinski definition) is 1. The minimum atomic E-state index is 0.149. The highest BCUT2D eigenvalue weighted by Gasteiger charge is 2.25. The number of methoxy groups -OCH3 is 2. The highest BCUT2D eigenvalue weighted by atomic mass is 16.5. The van der Waals surface area contributed by atoms with Gasteiger partial charge in [-0.1, -0.05) is 26.0 Å². The number of hydrogen-bond acceptors (Lipinski definition) is 4. The first-order valence-corrected chi connectivity index (χ1v) is 9.25. The zero-order valence-electron chi connectivity index (χ0n) is 16.0. The van der Waals surface area contributed by atoms with Crippen molar-refractivity contribution in [1.29, 1.82) is 0 Å². The summed E-state index contributed by atoms with van der Waals surface area (Å²) in [6.45, 7) is 7.83. The summed E-state index contributed by atoms with van der Waals surface area (Å²) in [7, 11) is 3.33. The number of rotatable bonds is 8. The maximum absolute atomic E-state index is 12.3. The predicted octanol–water partition coefficient (Wildman–Crippen LogP) is 3.08. The second-order valence-electron chi connectivity index (χ2n) is 7.18. The van der Waals surface area contributed by atoms with Crippen LogP contribution in [0.4, 0.5) is 0 Å². The molecule has 1 aliphatic rings. The van der Waals surface area contributed by atoms with E-state index in [0.29, 0.717) is 5.92 Å². The number of para-hydroxylation sites is 1. The van der Waals surface area contributed by atoms with Crippen LogP contribution in [0.1, 0.15) is 38.7 Å². The van der Waals surface area contributed by atoms with E-state index in [9.17, 15) is 4.79 Å². The fourth-order valence-corrected chi connectivity index (χ4v) is 3.30. The van der Waals surface area contributed by atoms with Gasteiger partial charge in [-0.2, -0.15) is 0 Å². The summed E-state index contributed by atoms with van der Waals surface area (Å²) in [6, 6.07) is 5.98. The molecule has 0 atom stereocenters. The molecule has 0 unspecified atom stereocenters. The summed E-state index contributed by atoms with van der Waals surface area (Å²) in [4.78, 5) is 14.6. The Morgan fingerprint density at radius 2 is 1.96 bits per heavy atom. The van der Waals surface area contributed by atoms with Gasteiger partial charge in [0.25, 0.3) is 0 Å². The molecule has 1 saturated heterocycles. The number of carbonyl (C=O) groups excluding carboxylic acids is 1. The minimum Gasteiger partial charge on any atom is -0.493 e. The molecule has 0 aliphatic carbocycles. The summed E-state index contributed by atoms with van der Waals surface area (Å²) in [5.74, 6) is 2.56. The van der Waals surface area contributed by atoms with E-state index in [0.717, 1.165) is 62.5 Å². The lowest BCUT2D eigenvalue weighted by atomic mass is 9.95. The van der Waals surface area contributed by atoms with E-state index in [1.165, 1.54) is 0 Å². The van der Waals surface area contributed by atoms with Crippen molar-refractivity contribution >= 4 is 5.91 Å². The monoisotopic (exact) mass is 348 g/mol. The zero-order valence-corrected chi connectivity index (χ0v) is 16.0. The molecule has 1 aromatic carbocycles. The zero-order chi connectivity index (χ0) is 18.2. The number of nitrogens with zero attached hydrogens (tertiary/aromatic N) is 1. The highest BCUT2D eigenvalue weighted by molar-refractivity contribution is 5.78. The number of nitrogens with one attached hydrogen (secondary N) is 1. The molecule has 140 valence electrons. The third-order valence-electron chi connectivity index (χ3n) is 4.86. The molecular formula is C20H32N2O3. The van der Waals surface area contributed by atoms with Crippen LogP contribution >= 0.6 is 0 Å². The average molecular weight is 348 g/mol. The third-order valence-corrected chi connectivity index (χ3v) is 4.86. The van der Waals surface area contributed by atoms with Crippen LogP contribution in [0.5, 0.6) is 11.5 Å². The van der Waals surface area contributed by atoms with E-state index < -0.39 is 0 Å². The average Bonchev–Trinajstić information content (AvgIpc) is 2.61. The van der Waals surface area contributed by atoms with Gasteiger partial charge in [-0.15, -0.1) is 0 Å². The van der Waals surface area contributed by atoms with Crippen molar-refractivity contribution < 1.29 is 14.3 Å². The van der Waals surface area contributed by atoms with Crippen LogP contribution in [0.2, 0.25) is 0 Å². The lowest BCUT2D eigenvalue weighted by molar-refractivity contribution is -0.126. The highest BCUT2D eigenvalue weighted by Crippen LogP contribution is 2.32. The second-order valence-corrected chi connectivity index (χ2v) is 7.18. The molecule has 1 N–H and O–H groups in total. The van der Waals surface area contributed by atoms with Crippen LogP contribution in [0.15, 0.2) is 18.2 Å². The molecule has 1 aliphatic heterocycles. The van der Waals surface area contributed by atoms with E-state index in [2.05, 4.69) is 30.1 Å². The molecule has 0 spiro atoms. The van der Waals surface area contributed by atoms with Crippen molar-refractivity contribution in [3.63, 3.8) is 0 Å². The molecule has 2 rings (SSSR count). The lowest BCUT2D eigenvalue weighted by Crippen LogP contribution is -2.40. The Kier molecular flexibility index (Phi) is 7.56. The predicted molar refractivity (Wildman–Crippen MR) is 100 cm³/mol. The first-order valence-electron chi connectivity index (χ1n) is 9.25. The Hall–Kier alpha value is -1.75. The number of likely N-dealkylation sites (tertiary alicyclic amines) is 1. The molecule has 1 heterocycles. The van der Waals surface area contributed by atoms with E-state index >= 15 is 0 Å². The third kappa shape index (κ3) is 5.63. The van der Waals surface area contributed by atoms with Gasteiger partial charge in [0, 0.05) is 24.6 Å².